The molecule has 1 fully saturated rings. The number of ether oxygens (including phenoxy) is 1. The van der Waals surface area contributed by atoms with Crippen LogP contribution in [0.25, 0.3) is 0 Å². The van der Waals surface area contributed by atoms with Crippen molar-refractivity contribution in [1.82, 2.24) is 4.90 Å². The lowest BCUT2D eigenvalue weighted by molar-refractivity contribution is -0.147. The first-order valence-corrected chi connectivity index (χ1v) is 7.78. The van der Waals surface area contributed by atoms with E-state index in [0.717, 1.165) is 0 Å². The average molecular weight is 374 g/mol. The van der Waals surface area contributed by atoms with Crippen molar-refractivity contribution in [3.63, 3.8) is 0 Å². The molecule has 0 radical (unpaired) electrons. The lowest BCUT2D eigenvalue weighted by atomic mass is 9.93. The van der Waals surface area contributed by atoms with E-state index in [2.05, 4.69) is 15.9 Å². The molecule has 1 N–H and O–H groups in total. The van der Waals surface area contributed by atoms with Crippen molar-refractivity contribution < 1.29 is 23.8 Å². The zero-order valence-corrected chi connectivity index (χ0v) is 13.7. The van der Waals surface area contributed by atoms with E-state index in [1.54, 1.807) is 4.90 Å². The Morgan fingerprint density at radius 2 is 2.18 bits per heavy atom. The fourth-order valence-corrected chi connectivity index (χ4v) is 2.94. The van der Waals surface area contributed by atoms with Gasteiger partial charge >= 0.3 is 5.97 Å². The maximum atomic E-state index is 13.0. The van der Waals surface area contributed by atoms with Gasteiger partial charge < -0.3 is 14.7 Å². The average Bonchev–Trinajstić information content (AvgIpc) is 2.46. The molecule has 1 saturated heterocycles. The van der Waals surface area contributed by atoms with Gasteiger partial charge in [-0.1, -0.05) is 0 Å². The van der Waals surface area contributed by atoms with Crippen LogP contribution in [0.3, 0.4) is 0 Å². The van der Waals surface area contributed by atoms with Gasteiger partial charge in [0.2, 0.25) is 0 Å². The number of nitrogens with zero attached hydrogens (tertiary/aromatic N) is 1. The summed E-state index contributed by atoms with van der Waals surface area (Å²) in [5, 5.41) is 9.08. The molecule has 0 bridgehead atoms. The fourth-order valence-electron chi connectivity index (χ4n) is 2.47. The van der Waals surface area contributed by atoms with Crippen molar-refractivity contribution in [3.05, 3.63) is 28.5 Å². The van der Waals surface area contributed by atoms with E-state index in [1.807, 2.05) is 6.92 Å². The Bertz CT molecular complexity index is 581. The van der Waals surface area contributed by atoms with E-state index < -0.39 is 17.7 Å². The molecular formula is C15H17BrFNO4. The van der Waals surface area contributed by atoms with Gasteiger partial charge in [-0.25, -0.2) is 4.39 Å². The van der Waals surface area contributed by atoms with Crippen LogP contribution in [0.15, 0.2) is 22.7 Å². The van der Waals surface area contributed by atoms with Crippen molar-refractivity contribution >= 4 is 27.8 Å². The highest BCUT2D eigenvalue weighted by Crippen LogP contribution is 2.26. The number of hydrogen-bond donors (Lipinski definition) is 1. The molecule has 0 spiro atoms. The number of hydrogen-bond acceptors (Lipinski definition) is 3. The highest BCUT2D eigenvalue weighted by atomic mass is 79.9. The van der Waals surface area contributed by atoms with E-state index in [1.165, 1.54) is 18.2 Å². The van der Waals surface area contributed by atoms with Gasteiger partial charge in [-0.2, -0.15) is 0 Å². The van der Waals surface area contributed by atoms with Crippen LogP contribution in [0.4, 0.5) is 4.39 Å². The van der Waals surface area contributed by atoms with Gasteiger partial charge in [-0.3, -0.25) is 9.59 Å². The Labute approximate surface area is 136 Å². The number of carboxylic acids is 1. The van der Waals surface area contributed by atoms with Gasteiger partial charge in [0.25, 0.3) is 5.91 Å². The van der Waals surface area contributed by atoms with Gasteiger partial charge in [0.05, 0.1) is 10.4 Å². The monoisotopic (exact) mass is 373 g/mol. The van der Waals surface area contributed by atoms with Gasteiger partial charge in [-0.05, 0) is 53.9 Å². The predicted molar refractivity (Wildman–Crippen MR) is 81.1 cm³/mol. The Hall–Kier alpha value is -1.63. The molecule has 0 aromatic heterocycles. The zero-order chi connectivity index (χ0) is 16.3. The molecule has 0 aliphatic carbocycles. The predicted octanol–water partition coefficient (Wildman–Crippen LogP) is 2.68. The molecular weight excluding hydrogens is 357 g/mol. The number of rotatable bonds is 4. The third-order valence-electron chi connectivity index (χ3n) is 3.80. The molecule has 1 aliphatic heterocycles. The summed E-state index contributed by atoms with van der Waals surface area (Å²) in [7, 11) is 0. The molecule has 1 aliphatic rings. The largest absolute Gasteiger partial charge is 0.483 e. The van der Waals surface area contributed by atoms with E-state index >= 15 is 0 Å². The second-order valence-electron chi connectivity index (χ2n) is 5.37. The Morgan fingerprint density at radius 1 is 1.45 bits per heavy atom. The van der Waals surface area contributed by atoms with Crippen molar-refractivity contribution in [1.29, 1.82) is 0 Å². The summed E-state index contributed by atoms with van der Waals surface area (Å²) < 4.78 is 18.8. The van der Waals surface area contributed by atoms with Crippen molar-refractivity contribution in [2.75, 3.05) is 13.2 Å². The smallest absolute Gasteiger partial charge is 0.308 e. The van der Waals surface area contributed by atoms with Crippen LogP contribution in [0, 0.1) is 11.7 Å². The maximum Gasteiger partial charge on any atom is 0.308 e. The summed E-state index contributed by atoms with van der Waals surface area (Å²) >= 11 is 3.17. The van der Waals surface area contributed by atoms with E-state index in [-0.39, 0.29) is 25.1 Å². The van der Waals surface area contributed by atoms with Crippen LogP contribution in [0.5, 0.6) is 5.75 Å². The van der Waals surface area contributed by atoms with Gasteiger partial charge in [-0.15, -0.1) is 0 Å². The molecule has 1 aromatic rings. The quantitative estimate of drug-likeness (QED) is 0.880. The van der Waals surface area contributed by atoms with Crippen LogP contribution in [0.2, 0.25) is 0 Å². The highest BCUT2D eigenvalue weighted by Gasteiger charge is 2.32. The maximum absolute atomic E-state index is 13.0. The standard InChI is InChI=1S/C15H17BrFNO4/c1-9-2-3-10(15(20)21)7-18(9)14(19)8-22-13-5-4-11(17)6-12(13)16/h4-6,9-10H,2-3,7-8H2,1H3,(H,20,21). The lowest BCUT2D eigenvalue weighted by Gasteiger charge is -2.36. The van der Waals surface area contributed by atoms with Crippen LogP contribution < -0.4 is 4.74 Å². The van der Waals surface area contributed by atoms with E-state index in [0.29, 0.717) is 23.1 Å². The number of carbonyl (C=O) groups is 2. The minimum absolute atomic E-state index is 0.0108. The van der Waals surface area contributed by atoms with Gasteiger partial charge in [0.15, 0.2) is 6.61 Å². The summed E-state index contributed by atoms with van der Waals surface area (Å²) in [6, 6.07) is 3.92. The second kappa shape index (κ2) is 7.09. The van der Waals surface area contributed by atoms with Crippen molar-refractivity contribution in [3.8, 4) is 5.75 Å². The minimum Gasteiger partial charge on any atom is -0.483 e. The Kier molecular flexibility index (Phi) is 5.39. The van der Waals surface area contributed by atoms with E-state index in [4.69, 9.17) is 9.84 Å². The molecule has 1 heterocycles. The Balaban J connectivity index is 1.97. The van der Waals surface area contributed by atoms with Crippen LogP contribution in [-0.2, 0) is 9.59 Å². The molecule has 2 rings (SSSR count). The number of carboxylic acid groups (broad SMARTS) is 1. The molecule has 7 heteroatoms. The number of aliphatic carboxylic acids is 1. The number of piperidine rings is 1. The normalized spacial score (nSPS) is 21.5. The minimum atomic E-state index is -0.883. The molecule has 2 unspecified atom stereocenters. The first-order valence-electron chi connectivity index (χ1n) is 6.98. The molecule has 2 atom stereocenters. The first-order chi connectivity index (χ1) is 10.4. The van der Waals surface area contributed by atoms with Crippen LogP contribution in [0.1, 0.15) is 19.8 Å². The molecule has 1 amide bonds. The first kappa shape index (κ1) is 16.7. The van der Waals surface area contributed by atoms with Crippen LogP contribution >= 0.6 is 15.9 Å². The van der Waals surface area contributed by atoms with Crippen molar-refractivity contribution in [2.24, 2.45) is 5.92 Å². The summed E-state index contributed by atoms with van der Waals surface area (Å²) in [6.07, 6.45) is 1.23. The number of amides is 1. The van der Waals surface area contributed by atoms with E-state index in [9.17, 15) is 14.0 Å². The molecule has 22 heavy (non-hydrogen) atoms. The molecule has 5 nitrogen and oxygen atoms in total. The van der Waals surface area contributed by atoms with Crippen molar-refractivity contribution in [2.45, 2.75) is 25.8 Å². The van der Waals surface area contributed by atoms with Crippen LogP contribution in [-0.4, -0.2) is 41.1 Å². The highest BCUT2D eigenvalue weighted by molar-refractivity contribution is 9.10. The third kappa shape index (κ3) is 3.97. The molecule has 0 saturated carbocycles. The second-order valence-corrected chi connectivity index (χ2v) is 6.23. The lowest BCUT2D eigenvalue weighted by Crippen LogP contribution is -2.49. The summed E-state index contributed by atoms with van der Waals surface area (Å²) in [5.41, 5.74) is 0. The SMILES string of the molecule is CC1CCC(C(=O)O)CN1C(=O)COc1ccc(F)cc1Br. The molecule has 120 valence electrons. The zero-order valence-electron chi connectivity index (χ0n) is 12.1. The Morgan fingerprint density at radius 3 is 2.82 bits per heavy atom. The number of likely N-dealkylation sites (tertiary alicyclic amines) is 1. The summed E-state index contributed by atoms with van der Waals surface area (Å²) in [4.78, 5) is 24.9. The topological polar surface area (TPSA) is 66.8 Å². The van der Waals surface area contributed by atoms with Gasteiger partial charge in [0, 0.05) is 12.6 Å². The fraction of sp³-hybridized carbons (Fsp3) is 0.467. The number of halogens is 2. The third-order valence-corrected chi connectivity index (χ3v) is 4.42. The summed E-state index contributed by atoms with van der Waals surface area (Å²) in [6.45, 7) is 1.88. The molecule has 1 aromatic carbocycles. The summed E-state index contributed by atoms with van der Waals surface area (Å²) in [5.74, 6) is -1.71. The number of benzene rings is 1. The van der Waals surface area contributed by atoms with Gasteiger partial charge in [0.1, 0.15) is 11.6 Å². The number of carbonyl (C=O) groups excluding carboxylic acids is 1.